The van der Waals surface area contributed by atoms with Gasteiger partial charge in [0.2, 0.25) is 0 Å². The van der Waals surface area contributed by atoms with Crippen molar-refractivity contribution < 1.29 is 9.53 Å². The average Bonchev–Trinajstić information content (AvgIpc) is 3.04. The normalized spacial score (nSPS) is 22.5. The minimum absolute atomic E-state index is 0.0354. The standard InChI is InChI=1S/C16H27N3O2/c1-5-6-13-12(10-18-19-13)15(20)17-9-11-7-8-21-14(11)16(2,3)4/h10-11,14H,5-9H2,1-4H3,(H,17,20)(H,18,19)/t11-,14+/m1/s1. The van der Waals surface area contributed by atoms with Gasteiger partial charge < -0.3 is 10.1 Å². The Morgan fingerprint density at radius 3 is 2.95 bits per heavy atom. The summed E-state index contributed by atoms with van der Waals surface area (Å²) in [5.74, 6) is 0.349. The van der Waals surface area contributed by atoms with Crippen molar-refractivity contribution in [3.05, 3.63) is 17.5 Å². The number of carbonyl (C=O) groups excluding carboxylic acids is 1. The van der Waals surface area contributed by atoms with Gasteiger partial charge in [0.25, 0.3) is 5.91 Å². The fourth-order valence-electron chi connectivity index (χ4n) is 3.07. The quantitative estimate of drug-likeness (QED) is 0.876. The van der Waals surface area contributed by atoms with E-state index in [-0.39, 0.29) is 17.4 Å². The molecule has 2 heterocycles. The number of amides is 1. The van der Waals surface area contributed by atoms with Crippen molar-refractivity contribution in [1.29, 1.82) is 0 Å². The first-order chi connectivity index (χ1) is 9.93. The van der Waals surface area contributed by atoms with E-state index in [1.807, 2.05) is 0 Å². The van der Waals surface area contributed by atoms with Crippen LogP contribution < -0.4 is 5.32 Å². The van der Waals surface area contributed by atoms with Crippen LogP contribution in [-0.4, -0.2) is 35.4 Å². The molecule has 1 amide bonds. The van der Waals surface area contributed by atoms with Gasteiger partial charge in [0, 0.05) is 24.8 Å². The lowest BCUT2D eigenvalue weighted by molar-refractivity contribution is 0.00737. The van der Waals surface area contributed by atoms with Crippen molar-refractivity contribution in [3.63, 3.8) is 0 Å². The van der Waals surface area contributed by atoms with E-state index in [4.69, 9.17) is 4.74 Å². The number of H-pyrrole nitrogens is 1. The van der Waals surface area contributed by atoms with Crippen LogP contribution in [0.4, 0.5) is 0 Å². The van der Waals surface area contributed by atoms with Crippen molar-refractivity contribution in [2.24, 2.45) is 11.3 Å². The summed E-state index contributed by atoms with van der Waals surface area (Å²) < 4.78 is 5.85. The van der Waals surface area contributed by atoms with E-state index in [1.165, 1.54) is 0 Å². The van der Waals surface area contributed by atoms with Gasteiger partial charge in [-0.25, -0.2) is 0 Å². The van der Waals surface area contributed by atoms with Crippen LogP contribution in [0, 0.1) is 11.3 Å². The number of nitrogens with zero attached hydrogens (tertiary/aromatic N) is 1. The second kappa shape index (κ2) is 6.60. The van der Waals surface area contributed by atoms with Crippen molar-refractivity contribution in [2.45, 2.75) is 53.1 Å². The van der Waals surface area contributed by atoms with Gasteiger partial charge in [0.05, 0.1) is 17.9 Å². The van der Waals surface area contributed by atoms with E-state index in [1.54, 1.807) is 6.20 Å². The Labute approximate surface area is 126 Å². The highest BCUT2D eigenvalue weighted by Crippen LogP contribution is 2.34. The molecule has 1 fully saturated rings. The van der Waals surface area contributed by atoms with E-state index < -0.39 is 0 Å². The molecule has 5 nitrogen and oxygen atoms in total. The summed E-state index contributed by atoms with van der Waals surface area (Å²) in [4.78, 5) is 12.3. The Balaban J connectivity index is 1.93. The molecule has 1 aromatic heterocycles. The van der Waals surface area contributed by atoms with E-state index in [9.17, 15) is 4.79 Å². The number of aromatic amines is 1. The van der Waals surface area contributed by atoms with Crippen LogP contribution in [0.5, 0.6) is 0 Å². The number of hydrogen-bond acceptors (Lipinski definition) is 3. The molecule has 0 bridgehead atoms. The van der Waals surface area contributed by atoms with Gasteiger partial charge in [-0.1, -0.05) is 34.1 Å². The number of hydrogen-bond donors (Lipinski definition) is 2. The van der Waals surface area contributed by atoms with Crippen LogP contribution in [0.25, 0.3) is 0 Å². The summed E-state index contributed by atoms with van der Waals surface area (Å²) in [5.41, 5.74) is 1.70. The molecule has 5 heteroatoms. The largest absolute Gasteiger partial charge is 0.377 e. The molecule has 0 spiro atoms. The molecule has 0 saturated carbocycles. The third-order valence-corrected chi connectivity index (χ3v) is 4.06. The Morgan fingerprint density at radius 1 is 1.52 bits per heavy atom. The van der Waals surface area contributed by atoms with E-state index in [0.29, 0.717) is 18.0 Å². The van der Waals surface area contributed by atoms with E-state index in [0.717, 1.165) is 31.6 Å². The lowest BCUT2D eigenvalue weighted by Gasteiger charge is -2.31. The Bertz CT molecular complexity index is 476. The van der Waals surface area contributed by atoms with Crippen LogP contribution in [0.3, 0.4) is 0 Å². The molecule has 2 atom stereocenters. The van der Waals surface area contributed by atoms with Crippen molar-refractivity contribution in [3.8, 4) is 0 Å². The summed E-state index contributed by atoms with van der Waals surface area (Å²) >= 11 is 0. The fourth-order valence-corrected chi connectivity index (χ4v) is 3.07. The smallest absolute Gasteiger partial charge is 0.254 e. The van der Waals surface area contributed by atoms with Crippen molar-refractivity contribution >= 4 is 5.91 Å². The third kappa shape index (κ3) is 3.84. The summed E-state index contributed by atoms with van der Waals surface area (Å²) in [6.07, 6.45) is 4.67. The lowest BCUT2D eigenvalue weighted by atomic mass is 9.81. The SMILES string of the molecule is CCCc1[nH]ncc1C(=O)NC[C@H]1CCO[C@@H]1C(C)(C)C. The molecule has 0 unspecified atom stereocenters. The van der Waals surface area contributed by atoms with Gasteiger partial charge in [0.1, 0.15) is 0 Å². The number of aryl methyl sites for hydroxylation is 1. The highest BCUT2D eigenvalue weighted by molar-refractivity contribution is 5.95. The van der Waals surface area contributed by atoms with Crippen LogP contribution in [-0.2, 0) is 11.2 Å². The van der Waals surface area contributed by atoms with Gasteiger partial charge in [-0.3, -0.25) is 9.89 Å². The van der Waals surface area contributed by atoms with Crippen LogP contribution >= 0.6 is 0 Å². The number of aromatic nitrogens is 2. The summed E-state index contributed by atoms with van der Waals surface area (Å²) in [6, 6.07) is 0. The van der Waals surface area contributed by atoms with Gasteiger partial charge >= 0.3 is 0 Å². The maximum absolute atomic E-state index is 12.3. The first-order valence-electron chi connectivity index (χ1n) is 7.85. The van der Waals surface area contributed by atoms with Crippen LogP contribution in [0.1, 0.15) is 56.6 Å². The third-order valence-electron chi connectivity index (χ3n) is 4.06. The van der Waals surface area contributed by atoms with Crippen molar-refractivity contribution in [1.82, 2.24) is 15.5 Å². The number of rotatable bonds is 5. The number of ether oxygens (including phenoxy) is 1. The molecule has 0 aliphatic carbocycles. The molecular weight excluding hydrogens is 266 g/mol. The first kappa shape index (κ1) is 16.0. The Kier molecular flexibility index (Phi) is 5.04. The molecule has 118 valence electrons. The van der Waals surface area contributed by atoms with E-state index in [2.05, 4.69) is 43.2 Å². The molecule has 0 aromatic carbocycles. The number of carbonyl (C=O) groups is 1. The molecule has 1 saturated heterocycles. The Morgan fingerprint density at radius 2 is 2.29 bits per heavy atom. The fraction of sp³-hybridized carbons (Fsp3) is 0.750. The zero-order valence-corrected chi connectivity index (χ0v) is 13.5. The van der Waals surface area contributed by atoms with Gasteiger partial charge in [-0.05, 0) is 18.3 Å². The maximum atomic E-state index is 12.3. The van der Waals surface area contributed by atoms with Crippen LogP contribution in [0.2, 0.25) is 0 Å². The minimum atomic E-state index is -0.0354. The zero-order valence-electron chi connectivity index (χ0n) is 13.5. The minimum Gasteiger partial charge on any atom is -0.377 e. The number of nitrogens with one attached hydrogen (secondary N) is 2. The molecule has 1 aliphatic rings. The maximum Gasteiger partial charge on any atom is 0.254 e. The molecule has 1 aromatic rings. The van der Waals surface area contributed by atoms with Gasteiger partial charge in [0.15, 0.2) is 0 Å². The van der Waals surface area contributed by atoms with Gasteiger partial charge in [-0.15, -0.1) is 0 Å². The monoisotopic (exact) mass is 293 g/mol. The molecule has 0 radical (unpaired) electrons. The first-order valence-corrected chi connectivity index (χ1v) is 7.85. The summed E-state index contributed by atoms with van der Waals surface area (Å²) in [5, 5.41) is 9.95. The van der Waals surface area contributed by atoms with Crippen molar-refractivity contribution in [2.75, 3.05) is 13.2 Å². The predicted octanol–water partition coefficient (Wildman–Crippen LogP) is 2.54. The molecule has 1 aliphatic heterocycles. The lowest BCUT2D eigenvalue weighted by Crippen LogP contribution is -2.38. The van der Waals surface area contributed by atoms with E-state index >= 15 is 0 Å². The highest BCUT2D eigenvalue weighted by Gasteiger charge is 2.37. The topological polar surface area (TPSA) is 67.0 Å². The molecule has 2 rings (SSSR count). The van der Waals surface area contributed by atoms with Crippen LogP contribution in [0.15, 0.2) is 6.20 Å². The zero-order chi connectivity index (χ0) is 15.5. The molecule has 2 N–H and O–H groups in total. The summed E-state index contributed by atoms with van der Waals surface area (Å²) in [6.45, 7) is 10.1. The Hall–Kier alpha value is -1.36. The highest BCUT2D eigenvalue weighted by atomic mass is 16.5. The second-order valence-electron chi connectivity index (χ2n) is 6.93. The average molecular weight is 293 g/mol. The molecular formula is C16H27N3O2. The predicted molar refractivity (Wildman–Crippen MR) is 82.2 cm³/mol. The second-order valence-corrected chi connectivity index (χ2v) is 6.93. The molecule has 21 heavy (non-hydrogen) atoms. The summed E-state index contributed by atoms with van der Waals surface area (Å²) in [7, 11) is 0. The van der Waals surface area contributed by atoms with Gasteiger partial charge in [-0.2, -0.15) is 5.10 Å².